The fourth-order valence-electron chi connectivity index (χ4n) is 7.62. The number of rotatable bonds is 11. The Morgan fingerprint density at radius 2 is 1.67 bits per heavy atom. The van der Waals surface area contributed by atoms with E-state index >= 15 is 8.78 Å². The molecular weight excluding hydrogens is 732 g/mol. The van der Waals surface area contributed by atoms with Crippen LogP contribution in [-0.4, -0.2) is 117 Å². The molecule has 0 amide bonds. The van der Waals surface area contributed by atoms with Crippen molar-refractivity contribution in [3.05, 3.63) is 77.6 Å². The van der Waals surface area contributed by atoms with Gasteiger partial charge in [-0.3, -0.25) is 24.1 Å². The lowest BCUT2D eigenvalue weighted by molar-refractivity contribution is -0.156. The Morgan fingerprint density at radius 3 is 2.35 bits per heavy atom. The van der Waals surface area contributed by atoms with Gasteiger partial charge in [-0.15, -0.1) is 0 Å². The average Bonchev–Trinajstić information content (AvgIpc) is 3.79. The third-order valence-electron chi connectivity index (χ3n) is 10.6. The predicted octanol–water partition coefficient (Wildman–Crippen LogP) is 5.95. The molecule has 0 spiro atoms. The summed E-state index contributed by atoms with van der Waals surface area (Å²) < 4.78 is 66.3. The maximum absolute atomic E-state index is 15.7. The van der Waals surface area contributed by atoms with Crippen LogP contribution in [-0.2, 0) is 20.7 Å². The van der Waals surface area contributed by atoms with E-state index in [9.17, 15) is 18.2 Å². The Hall–Kier alpha value is -4.31. The maximum atomic E-state index is 15.7. The first kappa shape index (κ1) is 38.9. The summed E-state index contributed by atoms with van der Waals surface area (Å²) in [6.45, 7) is 12.9. The number of anilines is 2. The molecule has 3 saturated heterocycles. The summed E-state index contributed by atoms with van der Waals surface area (Å²) in [5.41, 5.74) is 1.58. The molecule has 294 valence electrons. The molecule has 0 aliphatic carbocycles. The van der Waals surface area contributed by atoms with Crippen LogP contribution < -0.4 is 9.62 Å². The lowest BCUT2D eigenvalue weighted by Crippen LogP contribution is -2.49. The average molecular weight is 780 g/mol. The first-order chi connectivity index (χ1) is 26.3. The van der Waals surface area contributed by atoms with Crippen LogP contribution in [0.25, 0.3) is 22.2 Å². The molecule has 0 radical (unpaired) electrons. The van der Waals surface area contributed by atoms with E-state index in [2.05, 4.69) is 41.5 Å². The zero-order valence-electron chi connectivity index (χ0n) is 31.5. The quantitative estimate of drug-likeness (QED) is 0.142. The number of alkyl halides is 1. The lowest BCUT2D eigenvalue weighted by atomic mass is 9.96. The largest absolute Gasteiger partial charge is 0.459 e. The van der Waals surface area contributed by atoms with Gasteiger partial charge in [-0.2, -0.15) is 0 Å². The van der Waals surface area contributed by atoms with E-state index in [1.807, 2.05) is 32.9 Å². The number of piperidine rings is 1. The van der Waals surface area contributed by atoms with E-state index in [1.165, 1.54) is 10.5 Å². The topological polar surface area (TPSA) is 114 Å². The van der Waals surface area contributed by atoms with Crippen LogP contribution in [0.4, 0.5) is 24.5 Å². The summed E-state index contributed by atoms with van der Waals surface area (Å²) in [5, 5.41) is 0.406. The normalized spacial score (nSPS) is 19.9. The molecule has 3 fully saturated rings. The summed E-state index contributed by atoms with van der Waals surface area (Å²) in [6.07, 6.45) is 4.30. The molecule has 2 N–H and O–H groups in total. The SMILES string of the molecule is CC(C)(C)OC(=O)CN1CCC(CN2CCN(c3ccc(-c4cnc5[nH]cc(C(=O)c6c(F)ccc(NS(=O)N7CCC(F)C7)c6F)c5c4)cc3)CC2)CC1. The number of esters is 1. The van der Waals surface area contributed by atoms with Crippen molar-refractivity contribution in [2.75, 3.05) is 75.1 Å². The van der Waals surface area contributed by atoms with Gasteiger partial charge in [-0.05, 0) is 94.9 Å². The first-order valence-corrected chi connectivity index (χ1v) is 20.0. The number of fused-ring (bicyclic) bond motifs is 1. The van der Waals surface area contributed by atoms with E-state index in [0.717, 1.165) is 87.6 Å². The number of ether oxygens (including phenoxy) is 1. The number of pyridine rings is 1. The molecule has 2 aromatic heterocycles. The number of hydrogen-bond acceptors (Lipinski definition) is 8. The zero-order valence-corrected chi connectivity index (χ0v) is 32.3. The first-order valence-electron chi connectivity index (χ1n) is 18.9. The number of hydrogen-bond donors (Lipinski definition) is 2. The Morgan fingerprint density at radius 1 is 0.945 bits per heavy atom. The van der Waals surface area contributed by atoms with Gasteiger partial charge in [0, 0.05) is 80.4 Å². The molecule has 0 bridgehead atoms. The van der Waals surface area contributed by atoms with Crippen LogP contribution in [0, 0.1) is 17.6 Å². The fourth-order valence-corrected chi connectivity index (χ4v) is 8.67. The van der Waals surface area contributed by atoms with Gasteiger partial charge in [-0.25, -0.2) is 26.7 Å². The number of piperazine rings is 1. The van der Waals surface area contributed by atoms with Gasteiger partial charge in [0.05, 0.1) is 17.8 Å². The third-order valence-corrected chi connectivity index (χ3v) is 11.7. The van der Waals surface area contributed by atoms with Crippen LogP contribution in [0.5, 0.6) is 0 Å². The number of nitrogens with zero attached hydrogens (tertiary/aromatic N) is 5. The monoisotopic (exact) mass is 779 g/mol. The van der Waals surface area contributed by atoms with Gasteiger partial charge in [0.1, 0.15) is 23.2 Å². The van der Waals surface area contributed by atoms with Crippen molar-refractivity contribution in [2.45, 2.75) is 51.8 Å². The van der Waals surface area contributed by atoms with Crippen LogP contribution in [0.3, 0.4) is 0 Å². The van der Waals surface area contributed by atoms with Gasteiger partial charge in [0.15, 0.2) is 17.0 Å². The van der Waals surface area contributed by atoms with Crippen molar-refractivity contribution in [3.8, 4) is 11.1 Å². The maximum Gasteiger partial charge on any atom is 0.320 e. The minimum atomic E-state index is -1.96. The second-order valence-electron chi connectivity index (χ2n) is 15.7. The van der Waals surface area contributed by atoms with E-state index < -0.39 is 45.9 Å². The number of benzene rings is 2. The Bertz CT molecular complexity index is 2040. The molecule has 0 saturated carbocycles. The number of carbonyl (C=O) groups excluding carboxylic acids is 2. The highest BCUT2D eigenvalue weighted by atomic mass is 32.2. The van der Waals surface area contributed by atoms with Crippen molar-refractivity contribution in [3.63, 3.8) is 0 Å². The third kappa shape index (κ3) is 9.22. The second-order valence-corrected chi connectivity index (χ2v) is 16.9. The summed E-state index contributed by atoms with van der Waals surface area (Å²) in [4.78, 5) is 40.4. The van der Waals surface area contributed by atoms with Gasteiger partial charge in [-0.1, -0.05) is 12.1 Å². The van der Waals surface area contributed by atoms with Crippen LogP contribution in [0.1, 0.15) is 56.0 Å². The molecule has 2 unspecified atom stereocenters. The van der Waals surface area contributed by atoms with Gasteiger partial charge in [0.25, 0.3) is 0 Å². The molecule has 55 heavy (non-hydrogen) atoms. The Balaban J connectivity index is 0.954. The number of H-pyrrole nitrogens is 1. The van der Waals surface area contributed by atoms with Crippen molar-refractivity contribution >= 4 is 45.3 Å². The van der Waals surface area contributed by atoms with Crippen LogP contribution in [0.2, 0.25) is 0 Å². The molecule has 11 nitrogen and oxygen atoms in total. The summed E-state index contributed by atoms with van der Waals surface area (Å²) in [5.74, 6) is -2.67. The van der Waals surface area contributed by atoms with Crippen molar-refractivity contribution in [1.29, 1.82) is 0 Å². The van der Waals surface area contributed by atoms with Crippen molar-refractivity contribution in [2.24, 2.45) is 5.92 Å². The summed E-state index contributed by atoms with van der Waals surface area (Å²) >= 11 is -1.96. The summed E-state index contributed by atoms with van der Waals surface area (Å²) in [7, 11) is 0. The van der Waals surface area contributed by atoms with Crippen molar-refractivity contribution < 1.29 is 31.7 Å². The minimum Gasteiger partial charge on any atom is -0.459 e. The lowest BCUT2D eigenvalue weighted by Gasteiger charge is -2.39. The number of likely N-dealkylation sites (tertiary alicyclic amines) is 1. The summed E-state index contributed by atoms with van der Waals surface area (Å²) in [6, 6.07) is 11.9. The molecule has 2 aromatic carbocycles. The van der Waals surface area contributed by atoms with E-state index in [4.69, 9.17) is 4.74 Å². The molecule has 2 atom stereocenters. The Kier molecular flexibility index (Phi) is 11.6. The van der Waals surface area contributed by atoms with E-state index in [0.29, 0.717) is 23.5 Å². The number of aromatic amines is 1. The molecule has 7 rings (SSSR count). The number of carbonyl (C=O) groups is 2. The highest BCUT2D eigenvalue weighted by Crippen LogP contribution is 2.31. The Labute approximate surface area is 321 Å². The van der Waals surface area contributed by atoms with E-state index in [1.54, 1.807) is 12.3 Å². The molecular formula is C40H48F3N7O4S. The second kappa shape index (κ2) is 16.4. The molecule has 3 aliphatic heterocycles. The van der Waals surface area contributed by atoms with Gasteiger partial charge < -0.3 is 14.6 Å². The minimum absolute atomic E-state index is 0.0427. The van der Waals surface area contributed by atoms with Crippen LogP contribution in [0.15, 0.2) is 54.9 Å². The zero-order chi connectivity index (χ0) is 38.9. The molecule has 4 aromatic rings. The number of aromatic nitrogens is 2. The number of ketones is 1. The number of nitrogens with one attached hydrogen (secondary N) is 2. The predicted molar refractivity (Wildman–Crippen MR) is 208 cm³/mol. The standard InChI is InChI=1S/C40H48F3N7O4S/c1-40(2,3)54-35(51)25-47-13-10-26(11-14-47)23-48-16-18-49(19-17-48)30-6-4-27(5-7-30)28-20-31-32(22-45-39(31)44-21-28)38(52)36-33(42)8-9-34(37(36)43)46-55(53)50-15-12-29(41)24-50/h4-9,20-22,26,29,46H,10-19,23-25H2,1-3H3,(H,44,45). The molecule has 5 heterocycles. The van der Waals surface area contributed by atoms with E-state index in [-0.39, 0.29) is 36.7 Å². The van der Waals surface area contributed by atoms with Crippen molar-refractivity contribution in [1.82, 2.24) is 24.1 Å². The number of halogens is 3. The molecule has 15 heteroatoms. The fraction of sp³-hybridized carbons (Fsp3) is 0.475. The van der Waals surface area contributed by atoms with Gasteiger partial charge >= 0.3 is 5.97 Å². The van der Waals surface area contributed by atoms with Gasteiger partial charge in [0.2, 0.25) is 5.78 Å². The smallest absolute Gasteiger partial charge is 0.320 e. The molecule has 3 aliphatic rings. The highest BCUT2D eigenvalue weighted by molar-refractivity contribution is 7.84. The highest BCUT2D eigenvalue weighted by Gasteiger charge is 2.30. The van der Waals surface area contributed by atoms with Crippen LogP contribution >= 0.6 is 0 Å².